The van der Waals surface area contributed by atoms with Gasteiger partial charge >= 0.3 is 0 Å². The van der Waals surface area contributed by atoms with Gasteiger partial charge in [0.25, 0.3) is 0 Å². The number of benzene rings is 1. The summed E-state index contributed by atoms with van der Waals surface area (Å²) in [4.78, 5) is 11.7. The third-order valence-electron chi connectivity index (χ3n) is 2.62. The Labute approximate surface area is 122 Å². The molecule has 0 bridgehead atoms. The van der Waals surface area contributed by atoms with Gasteiger partial charge in [-0.25, -0.2) is 12.8 Å². The van der Waals surface area contributed by atoms with E-state index in [1.807, 2.05) is 0 Å². The van der Waals surface area contributed by atoms with Crippen LogP contribution in [0.15, 0.2) is 12.1 Å². The van der Waals surface area contributed by atoms with Crippen LogP contribution in [0.4, 0.5) is 10.1 Å². The first-order valence-corrected chi connectivity index (χ1v) is 7.52. The highest BCUT2D eigenvalue weighted by Crippen LogP contribution is 2.25. The maximum atomic E-state index is 13.7. The number of ether oxygens (including phenoxy) is 1. The molecule has 0 aliphatic carbocycles. The van der Waals surface area contributed by atoms with Gasteiger partial charge in [0.2, 0.25) is 15.9 Å². The molecule has 0 aromatic heterocycles. The monoisotopic (exact) mass is 315 g/mol. The molecule has 1 N–H and O–H groups in total. The molecule has 0 heterocycles. The number of likely N-dealkylation sites (N-methyl/N-ethyl adjacent to an activating group) is 1. The maximum absolute atomic E-state index is 13.7. The van der Waals surface area contributed by atoms with E-state index in [1.54, 1.807) is 6.07 Å². The van der Waals surface area contributed by atoms with Crippen LogP contribution in [0.2, 0.25) is 0 Å². The van der Waals surface area contributed by atoms with Gasteiger partial charge in [0.1, 0.15) is 17.6 Å². The van der Waals surface area contributed by atoms with Gasteiger partial charge in [-0.3, -0.25) is 4.79 Å². The van der Waals surface area contributed by atoms with Crippen LogP contribution in [-0.2, 0) is 14.8 Å². The predicted octanol–water partition coefficient (Wildman–Crippen LogP) is 0.536. The SMILES string of the molecule is COc1cc(NC(=O)CN(C)S(C)(=O)=O)c(F)cc1C#N. The molecule has 1 amide bonds. The molecule has 1 rings (SSSR count). The Bertz CT molecular complexity index is 697. The molecule has 0 atom stereocenters. The molecule has 0 radical (unpaired) electrons. The van der Waals surface area contributed by atoms with E-state index in [2.05, 4.69) is 5.32 Å². The van der Waals surface area contributed by atoms with Crippen molar-refractivity contribution in [2.24, 2.45) is 0 Å². The number of hydrogen-bond donors (Lipinski definition) is 1. The molecular weight excluding hydrogens is 301 g/mol. The number of rotatable bonds is 5. The van der Waals surface area contributed by atoms with Crippen LogP contribution in [0.1, 0.15) is 5.56 Å². The lowest BCUT2D eigenvalue weighted by Gasteiger charge is -2.14. The van der Waals surface area contributed by atoms with Crippen LogP contribution in [0.5, 0.6) is 5.75 Å². The van der Waals surface area contributed by atoms with E-state index in [0.717, 1.165) is 22.7 Å². The molecule has 0 unspecified atom stereocenters. The Morgan fingerprint density at radius 1 is 1.52 bits per heavy atom. The first-order chi connectivity index (χ1) is 9.68. The summed E-state index contributed by atoms with van der Waals surface area (Å²) in [5.74, 6) is -1.43. The minimum atomic E-state index is -3.51. The smallest absolute Gasteiger partial charge is 0.239 e. The van der Waals surface area contributed by atoms with E-state index in [0.29, 0.717) is 0 Å². The average molecular weight is 315 g/mol. The predicted molar refractivity (Wildman–Crippen MR) is 73.8 cm³/mol. The van der Waals surface area contributed by atoms with Crippen molar-refractivity contribution in [2.75, 3.05) is 32.3 Å². The molecule has 21 heavy (non-hydrogen) atoms. The molecule has 9 heteroatoms. The normalized spacial score (nSPS) is 11.0. The average Bonchev–Trinajstić information content (AvgIpc) is 2.39. The number of nitrogens with zero attached hydrogens (tertiary/aromatic N) is 2. The Morgan fingerprint density at radius 2 is 2.14 bits per heavy atom. The largest absolute Gasteiger partial charge is 0.495 e. The zero-order valence-corrected chi connectivity index (χ0v) is 12.5. The molecule has 0 aliphatic heterocycles. The zero-order valence-electron chi connectivity index (χ0n) is 11.7. The number of carbonyl (C=O) groups is 1. The highest BCUT2D eigenvalue weighted by Gasteiger charge is 2.17. The van der Waals surface area contributed by atoms with Crippen molar-refractivity contribution in [3.05, 3.63) is 23.5 Å². The lowest BCUT2D eigenvalue weighted by molar-refractivity contribution is -0.116. The fraction of sp³-hybridized carbons (Fsp3) is 0.333. The Kier molecular flexibility index (Phi) is 5.23. The molecule has 1 aromatic carbocycles. The van der Waals surface area contributed by atoms with Crippen molar-refractivity contribution in [2.45, 2.75) is 0 Å². The van der Waals surface area contributed by atoms with Crippen molar-refractivity contribution in [3.63, 3.8) is 0 Å². The Morgan fingerprint density at radius 3 is 2.62 bits per heavy atom. The van der Waals surface area contributed by atoms with Gasteiger partial charge in [-0.05, 0) is 6.07 Å². The van der Waals surface area contributed by atoms with Crippen molar-refractivity contribution < 1.29 is 22.3 Å². The van der Waals surface area contributed by atoms with Gasteiger partial charge in [-0.15, -0.1) is 0 Å². The number of amides is 1. The maximum Gasteiger partial charge on any atom is 0.239 e. The first kappa shape index (κ1) is 16.9. The zero-order chi connectivity index (χ0) is 16.2. The van der Waals surface area contributed by atoms with E-state index >= 15 is 0 Å². The van der Waals surface area contributed by atoms with Gasteiger partial charge in [-0.1, -0.05) is 0 Å². The van der Waals surface area contributed by atoms with E-state index in [4.69, 9.17) is 10.00 Å². The summed E-state index contributed by atoms with van der Waals surface area (Å²) in [6, 6.07) is 3.84. The number of methoxy groups -OCH3 is 1. The number of halogens is 1. The van der Waals surface area contributed by atoms with Crippen LogP contribution < -0.4 is 10.1 Å². The van der Waals surface area contributed by atoms with Gasteiger partial charge < -0.3 is 10.1 Å². The summed E-state index contributed by atoms with van der Waals surface area (Å²) in [7, 11) is -0.983. The number of carbonyl (C=O) groups excluding carboxylic acids is 1. The molecule has 114 valence electrons. The van der Waals surface area contributed by atoms with Gasteiger partial charge in [0.15, 0.2) is 0 Å². The molecule has 0 saturated heterocycles. The highest BCUT2D eigenvalue weighted by atomic mass is 32.2. The summed E-state index contributed by atoms with van der Waals surface area (Å²) in [6.45, 7) is -0.458. The summed E-state index contributed by atoms with van der Waals surface area (Å²) >= 11 is 0. The molecule has 1 aromatic rings. The highest BCUT2D eigenvalue weighted by molar-refractivity contribution is 7.88. The van der Waals surface area contributed by atoms with Gasteiger partial charge in [-0.2, -0.15) is 9.57 Å². The molecule has 0 spiro atoms. The molecule has 0 fully saturated rings. The molecule has 7 nitrogen and oxygen atoms in total. The lowest BCUT2D eigenvalue weighted by atomic mass is 10.2. The number of hydrogen-bond acceptors (Lipinski definition) is 5. The van der Waals surface area contributed by atoms with Crippen molar-refractivity contribution >= 4 is 21.6 Å². The van der Waals surface area contributed by atoms with Crippen LogP contribution >= 0.6 is 0 Å². The Balaban J connectivity index is 2.94. The topological polar surface area (TPSA) is 99.5 Å². The number of nitriles is 1. The number of sulfonamides is 1. The van der Waals surface area contributed by atoms with Crippen LogP contribution in [0.3, 0.4) is 0 Å². The van der Waals surface area contributed by atoms with Crippen LogP contribution in [0, 0.1) is 17.1 Å². The van der Waals surface area contributed by atoms with Crippen molar-refractivity contribution in [1.29, 1.82) is 5.26 Å². The van der Waals surface area contributed by atoms with Gasteiger partial charge in [0.05, 0.1) is 31.2 Å². The quantitative estimate of drug-likeness (QED) is 0.854. The second-order valence-electron chi connectivity index (χ2n) is 4.21. The lowest BCUT2D eigenvalue weighted by Crippen LogP contribution is -2.34. The minimum Gasteiger partial charge on any atom is -0.495 e. The summed E-state index contributed by atoms with van der Waals surface area (Å²) in [5.41, 5.74) is -0.209. The summed E-state index contributed by atoms with van der Waals surface area (Å²) < 4.78 is 41.8. The molecule has 0 aliphatic rings. The van der Waals surface area contributed by atoms with Crippen LogP contribution in [0.25, 0.3) is 0 Å². The van der Waals surface area contributed by atoms with Crippen molar-refractivity contribution in [3.8, 4) is 11.8 Å². The first-order valence-electron chi connectivity index (χ1n) is 5.67. The van der Waals surface area contributed by atoms with Gasteiger partial charge in [0, 0.05) is 13.1 Å². The summed E-state index contributed by atoms with van der Waals surface area (Å²) in [5, 5.41) is 11.0. The van der Waals surface area contributed by atoms with Crippen molar-refractivity contribution in [1.82, 2.24) is 4.31 Å². The fourth-order valence-electron chi connectivity index (χ4n) is 1.41. The fourth-order valence-corrected chi connectivity index (χ4v) is 1.77. The molecular formula is C12H14FN3O4S. The number of nitrogens with one attached hydrogen (secondary N) is 1. The third-order valence-corrected chi connectivity index (χ3v) is 3.88. The third kappa shape index (κ3) is 4.40. The Hall–Kier alpha value is -2.18. The second kappa shape index (κ2) is 6.51. The second-order valence-corrected chi connectivity index (χ2v) is 6.30. The molecule has 0 saturated carbocycles. The summed E-state index contributed by atoms with van der Waals surface area (Å²) in [6.07, 6.45) is 0.950. The standard InChI is InChI=1S/C12H14FN3O4S/c1-16(21(3,18)19)7-12(17)15-10-5-11(20-2)8(6-14)4-9(10)13/h4-5H,7H2,1-3H3,(H,15,17). The van der Waals surface area contributed by atoms with Crippen LogP contribution in [-0.4, -0.2) is 45.6 Å². The van der Waals surface area contributed by atoms with E-state index < -0.39 is 28.3 Å². The van der Waals surface area contributed by atoms with E-state index in [9.17, 15) is 17.6 Å². The minimum absolute atomic E-state index is 0.0127. The van der Waals surface area contributed by atoms with E-state index in [1.165, 1.54) is 14.2 Å². The van der Waals surface area contributed by atoms with E-state index in [-0.39, 0.29) is 17.0 Å². The number of anilines is 1.